The second-order valence-electron chi connectivity index (χ2n) is 7.50. The first-order chi connectivity index (χ1) is 11.6. The molecule has 0 aromatic carbocycles. The molecule has 1 aromatic rings. The molecule has 25 heavy (non-hydrogen) atoms. The minimum absolute atomic E-state index is 0.0944. The quantitative estimate of drug-likeness (QED) is 0.837. The van der Waals surface area contributed by atoms with Gasteiger partial charge in [0, 0.05) is 26.7 Å². The summed E-state index contributed by atoms with van der Waals surface area (Å²) in [5.41, 5.74) is 1.07. The maximum atomic E-state index is 13.1. The van der Waals surface area contributed by atoms with Crippen molar-refractivity contribution in [2.45, 2.75) is 44.0 Å². The highest BCUT2D eigenvalue weighted by atomic mass is 32.2. The number of rotatable bonds is 3. The molecular formula is C16H26N4O4S. The van der Waals surface area contributed by atoms with Gasteiger partial charge in [0.1, 0.15) is 10.9 Å². The molecular weight excluding hydrogens is 344 g/mol. The summed E-state index contributed by atoms with van der Waals surface area (Å²) in [7, 11) is 0.00329. The Bertz CT molecular complexity index is 793. The molecule has 2 aliphatic heterocycles. The Kier molecular flexibility index (Phi) is 4.45. The van der Waals surface area contributed by atoms with Crippen molar-refractivity contribution in [1.82, 2.24) is 19.0 Å². The van der Waals surface area contributed by atoms with E-state index in [1.54, 1.807) is 25.6 Å². The molecule has 1 aromatic heterocycles. The number of piperidine rings is 1. The van der Waals surface area contributed by atoms with Crippen molar-refractivity contribution in [1.29, 1.82) is 0 Å². The first-order valence-corrected chi connectivity index (χ1v) is 9.95. The minimum atomic E-state index is -3.57. The van der Waals surface area contributed by atoms with Gasteiger partial charge in [-0.3, -0.25) is 14.4 Å². The van der Waals surface area contributed by atoms with Crippen LogP contribution in [0.5, 0.6) is 0 Å². The first-order valence-electron chi connectivity index (χ1n) is 8.51. The molecule has 2 saturated heterocycles. The molecule has 1 spiro atoms. The molecule has 9 heteroatoms. The van der Waals surface area contributed by atoms with Crippen LogP contribution in [0.3, 0.4) is 0 Å². The lowest BCUT2D eigenvalue weighted by molar-refractivity contribution is -0.141. The van der Waals surface area contributed by atoms with Gasteiger partial charge in [-0.15, -0.1) is 0 Å². The number of hydrogen-bond donors (Lipinski definition) is 1. The number of likely N-dealkylation sites (N-methyl/N-ethyl adjacent to an activating group) is 1. The second-order valence-corrected chi connectivity index (χ2v) is 9.38. The van der Waals surface area contributed by atoms with Crippen molar-refractivity contribution in [3.63, 3.8) is 0 Å². The summed E-state index contributed by atoms with van der Waals surface area (Å²) >= 11 is 0. The number of sulfonamides is 1. The van der Waals surface area contributed by atoms with Crippen molar-refractivity contribution in [3.05, 3.63) is 11.4 Å². The molecule has 0 radical (unpaired) electrons. The van der Waals surface area contributed by atoms with E-state index in [0.717, 1.165) is 0 Å². The number of carboxylic acid groups (broad SMARTS) is 1. The lowest BCUT2D eigenvalue weighted by Crippen LogP contribution is -2.44. The number of hydrogen-bond acceptors (Lipinski definition) is 5. The zero-order chi connectivity index (χ0) is 18.6. The summed E-state index contributed by atoms with van der Waals surface area (Å²) < 4.78 is 29.2. The molecule has 0 aliphatic carbocycles. The van der Waals surface area contributed by atoms with Crippen molar-refractivity contribution < 1.29 is 18.3 Å². The SMILES string of the molecule is Cc1nn(C)c(C)c1S(=O)(=O)N1CCC2(CC1)CC(C(=O)O)N(C)C2. The van der Waals surface area contributed by atoms with Crippen LogP contribution in [0.15, 0.2) is 4.90 Å². The molecule has 0 bridgehead atoms. The number of aliphatic carboxylic acids is 1. The molecule has 0 amide bonds. The van der Waals surface area contributed by atoms with Gasteiger partial charge in [-0.1, -0.05) is 0 Å². The number of aromatic nitrogens is 2. The second kappa shape index (κ2) is 6.07. The van der Waals surface area contributed by atoms with Crippen LogP contribution >= 0.6 is 0 Å². The van der Waals surface area contributed by atoms with Crippen molar-refractivity contribution in [3.8, 4) is 0 Å². The van der Waals surface area contributed by atoms with Gasteiger partial charge < -0.3 is 5.11 Å². The molecule has 1 atom stereocenters. The fourth-order valence-electron chi connectivity index (χ4n) is 4.37. The van der Waals surface area contributed by atoms with Gasteiger partial charge in [-0.25, -0.2) is 8.42 Å². The highest BCUT2D eigenvalue weighted by Crippen LogP contribution is 2.43. The minimum Gasteiger partial charge on any atom is -0.480 e. The van der Waals surface area contributed by atoms with Gasteiger partial charge in [0.05, 0.1) is 11.4 Å². The van der Waals surface area contributed by atoms with E-state index in [2.05, 4.69) is 5.10 Å². The monoisotopic (exact) mass is 370 g/mol. The van der Waals surface area contributed by atoms with Crippen molar-refractivity contribution in [2.75, 3.05) is 26.7 Å². The van der Waals surface area contributed by atoms with E-state index >= 15 is 0 Å². The Labute approximate surface area is 148 Å². The molecule has 3 heterocycles. The summed E-state index contributed by atoms with van der Waals surface area (Å²) in [5.74, 6) is -0.795. The van der Waals surface area contributed by atoms with Crippen LogP contribution in [0, 0.1) is 19.3 Å². The largest absolute Gasteiger partial charge is 0.480 e. The van der Waals surface area contributed by atoms with Crippen LogP contribution in [0.25, 0.3) is 0 Å². The lowest BCUT2D eigenvalue weighted by Gasteiger charge is -2.38. The molecule has 1 N–H and O–H groups in total. The molecule has 3 rings (SSSR count). The van der Waals surface area contributed by atoms with Crippen LogP contribution < -0.4 is 0 Å². The van der Waals surface area contributed by atoms with Gasteiger partial charge in [-0.2, -0.15) is 9.40 Å². The number of aryl methyl sites for hydroxylation is 2. The maximum Gasteiger partial charge on any atom is 0.320 e. The van der Waals surface area contributed by atoms with Gasteiger partial charge in [-0.05, 0) is 45.6 Å². The van der Waals surface area contributed by atoms with E-state index in [9.17, 15) is 18.3 Å². The number of carboxylic acids is 1. The predicted molar refractivity (Wildman–Crippen MR) is 91.8 cm³/mol. The molecule has 2 aliphatic rings. The summed E-state index contributed by atoms with van der Waals surface area (Å²) in [4.78, 5) is 13.5. The zero-order valence-corrected chi connectivity index (χ0v) is 16.0. The first kappa shape index (κ1) is 18.3. The van der Waals surface area contributed by atoms with Gasteiger partial charge >= 0.3 is 5.97 Å². The van der Waals surface area contributed by atoms with Gasteiger partial charge in [0.2, 0.25) is 10.0 Å². The van der Waals surface area contributed by atoms with Crippen LogP contribution in [0.4, 0.5) is 0 Å². The molecule has 2 fully saturated rings. The van der Waals surface area contributed by atoms with Crippen molar-refractivity contribution in [2.24, 2.45) is 12.5 Å². The predicted octanol–water partition coefficient (Wildman–Crippen LogP) is 0.597. The van der Waals surface area contributed by atoms with E-state index in [1.165, 1.54) is 4.31 Å². The third-order valence-electron chi connectivity index (χ3n) is 5.85. The Balaban J connectivity index is 1.77. The Morgan fingerprint density at radius 3 is 2.28 bits per heavy atom. The summed E-state index contributed by atoms with van der Waals surface area (Å²) in [5, 5.41) is 13.6. The van der Waals surface area contributed by atoms with Crippen LogP contribution in [-0.4, -0.2) is 71.2 Å². The fraction of sp³-hybridized carbons (Fsp3) is 0.750. The smallest absolute Gasteiger partial charge is 0.320 e. The number of nitrogens with zero attached hydrogens (tertiary/aromatic N) is 4. The molecule has 0 saturated carbocycles. The van der Waals surface area contributed by atoms with E-state index in [-0.39, 0.29) is 5.41 Å². The van der Waals surface area contributed by atoms with Gasteiger partial charge in [0.15, 0.2) is 0 Å². The Morgan fingerprint density at radius 2 is 1.84 bits per heavy atom. The number of carbonyl (C=O) groups is 1. The van der Waals surface area contributed by atoms with E-state index in [4.69, 9.17) is 0 Å². The topological polar surface area (TPSA) is 95.7 Å². The average Bonchev–Trinajstić information content (AvgIpc) is 2.97. The fourth-order valence-corrected chi connectivity index (χ4v) is 6.21. The number of likely N-dealkylation sites (tertiary alicyclic amines) is 1. The molecule has 8 nitrogen and oxygen atoms in total. The highest BCUT2D eigenvalue weighted by Gasteiger charge is 2.48. The molecule has 140 valence electrons. The summed E-state index contributed by atoms with van der Waals surface area (Å²) in [6, 6.07) is -0.467. The third kappa shape index (κ3) is 2.98. The van der Waals surface area contributed by atoms with Crippen LogP contribution in [0.1, 0.15) is 30.7 Å². The van der Waals surface area contributed by atoms with E-state index in [1.807, 2.05) is 11.9 Å². The van der Waals surface area contributed by atoms with E-state index < -0.39 is 22.0 Å². The lowest BCUT2D eigenvalue weighted by atomic mass is 9.77. The van der Waals surface area contributed by atoms with E-state index in [0.29, 0.717) is 55.2 Å². The highest BCUT2D eigenvalue weighted by molar-refractivity contribution is 7.89. The van der Waals surface area contributed by atoms with Gasteiger partial charge in [0.25, 0.3) is 0 Å². The third-order valence-corrected chi connectivity index (χ3v) is 8.00. The maximum absolute atomic E-state index is 13.1. The summed E-state index contributed by atoms with van der Waals surface area (Å²) in [6.07, 6.45) is 1.98. The zero-order valence-electron chi connectivity index (χ0n) is 15.2. The van der Waals surface area contributed by atoms with Crippen molar-refractivity contribution >= 4 is 16.0 Å². The molecule has 1 unspecified atom stereocenters. The van der Waals surface area contributed by atoms with Crippen LogP contribution in [0.2, 0.25) is 0 Å². The van der Waals surface area contributed by atoms with Crippen LogP contribution in [-0.2, 0) is 21.9 Å². The average molecular weight is 370 g/mol. The summed E-state index contributed by atoms with van der Waals surface area (Å²) in [6.45, 7) is 5.05. The standard InChI is InChI=1S/C16H26N4O4S/c1-11-14(12(2)19(4)17-11)25(23,24)20-7-5-16(6-8-20)9-13(15(21)22)18(3)10-16/h13H,5-10H2,1-4H3,(H,21,22). The normalized spacial score (nSPS) is 24.9. The Morgan fingerprint density at radius 1 is 1.24 bits per heavy atom. The Hall–Kier alpha value is -1.45.